The van der Waals surface area contributed by atoms with Crippen LogP contribution in [0.3, 0.4) is 0 Å². The topological polar surface area (TPSA) is 96.2 Å². The van der Waals surface area contributed by atoms with E-state index in [1.54, 1.807) is 13.0 Å². The van der Waals surface area contributed by atoms with Gasteiger partial charge in [-0.05, 0) is 90.2 Å². The fourth-order valence-corrected chi connectivity index (χ4v) is 4.34. The normalized spacial score (nSPS) is 21.8. The number of benzene rings is 1. The second-order valence-corrected chi connectivity index (χ2v) is 10.3. The van der Waals surface area contributed by atoms with Gasteiger partial charge in [0.1, 0.15) is 17.6 Å². The highest BCUT2D eigenvalue weighted by Crippen LogP contribution is 2.33. The van der Waals surface area contributed by atoms with E-state index in [4.69, 9.17) is 9.47 Å². The minimum Gasteiger partial charge on any atom is -0.508 e. The van der Waals surface area contributed by atoms with Crippen molar-refractivity contribution >= 4 is 5.97 Å². The summed E-state index contributed by atoms with van der Waals surface area (Å²) >= 11 is 0. The summed E-state index contributed by atoms with van der Waals surface area (Å²) in [5, 5.41) is 30.2. The molecule has 0 radical (unpaired) electrons. The third-order valence-electron chi connectivity index (χ3n) is 6.54. The monoisotopic (exact) mass is 486 g/mol. The zero-order valence-corrected chi connectivity index (χ0v) is 22.2. The highest BCUT2D eigenvalue weighted by atomic mass is 16.5. The molecule has 1 aromatic rings. The van der Waals surface area contributed by atoms with Crippen LogP contribution >= 0.6 is 0 Å². The molecule has 0 aliphatic carbocycles. The van der Waals surface area contributed by atoms with Gasteiger partial charge in [0.15, 0.2) is 0 Å². The summed E-state index contributed by atoms with van der Waals surface area (Å²) in [4.78, 5) is 11.7. The minimum absolute atomic E-state index is 0.0550. The van der Waals surface area contributed by atoms with Crippen LogP contribution in [-0.4, -0.2) is 45.2 Å². The molecular weight excluding hydrogens is 444 g/mol. The summed E-state index contributed by atoms with van der Waals surface area (Å²) in [5.74, 6) is -0.0201. The quantitative estimate of drug-likeness (QED) is 0.219. The maximum absolute atomic E-state index is 11.7. The second-order valence-electron chi connectivity index (χ2n) is 10.3. The average molecular weight is 487 g/mol. The van der Waals surface area contributed by atoms with Crippen LogP contribution in [-0.2, 0) is 20.7 Å². The molecule has 35 heavy (non-hydrogen) atoms. The molecule has 3 atom stereocenters. The Morgan fingerprint density at radius 1 is 1.17 bits per heavy atom. The molecule has 0 saturated carbocycles. The van der Waals surface area contributed by atoms with Crippen LogP contribution in [0.15, 0.2) is 47.1 Å². The number of aliphatic hydroxyl groups excluding tert-OH is 1. The van der Waals surface area contributed by atoms with E-state index in [0.717, 1.165) is 29.6 Å². The van der Waals surface area contributed by atoms with Crippen molar-refractivity contribution in [1.82, 2.24) is 0 Å². The zero-order valence-electron chi connectivity index (χ0n) is 22.2. The average Bonchev–Trinajstić information content (AvgIpc) is 3.01. The number of aliphatic hydroxyl groups is 1. The van der Waals surface area contributed by atoms with Gasteiger partial charge in [0.25, 0.3) is 0 Å². The molecule has 2 rings (SSSR count). The van der Waals surface area contributed by atoms with Crippen LogP contribution in [0.4, 0.5) is 0 Å². The molecule has 1 aliphatic heterocycles. The first-order valence-corrected chi connectivity index (χ1v) is 12.3. The number of ether oxygens (including phenoxy) is 2. The Hall–Kier alpha value is -2.57. The summed E-state index contributed by atoms with van der Waals surface area (Å²) in [7, 11) is 0. The number of phenolic OH excluding ortho intramolecular Hbond substituents is 2. The number of esters is 1. The lowest BCUT2D eigenvalue weighted by atomic mass is 9.98. The number of rotatable bonds is 10. The molecule has 0 aromatic heterocycles. The van der Waals surface area contributed by atoms with E-state index in [9.17, 15) is 20.1 Å². The van der Waals surface area contributed by atoms with Gasteiger partial charge >= 0.3 is 5.97 Å². The molecule has 1 aliphatic rings. The van der Waals surface area contributed by atoms with Crippen molar-refractivity contribution in [3.8, 4) is 11.5 Å². The SMILES string of the molecule is CC(=O)O[C@H](/C=C(\C)CC/C=C(\C)[C@@H]1C[C@H](O)C(C)(C)O1)C/C(C)=C/Cc1cc(O)cc(C)c1O. The standard InChI is InChI=1S/C29H42O6/c1-18(9-8-10-20(3)26-17-27(32)29(6,7)35-26)13-25(34-22(5)30)14-19(2)11-12-23-16-24(31)15-21(4)28(23)33/h10-11,13,15-16,25-27,31-33H,8-9,12,14,17H2,1-7H3/b18-13+,19-11+,20-10+/t25-,26+,27+/m1/s1. The summed E-state index contributed by atoms with van der Waals surface area (Å²) in [6.07, 6.45) is 8.55. The molecule has 1 saturated heterocycles. The number of hydrogen-bond acceptors (Lipinski definition) is 6. The van der Waals surface area contributed by atoms with Gasteiger partial charge < -0.3 is 24.8 Å². The van der Waals surface area contributed by atoms with Crippen LogP contribution in [0.1, 0.15) is 78.4 Å². The van der Waals surface area contributed by atoms with Gasteiger partial charge in [0.2, 0.25) is 0 Å². The number of hydrogen-bond donors (Lipinski definition) is 3. The van der Waals surface area contributed by atoms with Crippen molar-refractivity contribution in [3.05, 3.63) is 58.2 Å². The molecule has 194 valence electrons. The summed E-state index contributed by atoms with van der Waals surface area (Å²) in [6.45, 7) is 13.0. The third-order valence-corrected chi connectivity index (χ3v) is 6.54. The molecule has 3 N–H and O–H groups in total. The molecule has 0 unspecified atom stereocenters. The molecule has 1 heterocycles. The Kier molecular flexibility index (Phi) is 10.2. The highest BCUT2D eigenvalue weighted by molar-refractivity contribution is 5.66. The van der Waals surface area contributed by atoms with E-state index in [1.165, 1.54) is 13.0 Å². The van der Waals surface area contributed by atoms with Gasteiger partial charge in [-0.2, -0.15) is 0 Å². The number of carbonyl (C=O) groups excluding carboxylic acids is 1. The molecule has 1 aromatic carbocycles. The van der Waals surface area contributed by atoms with Gasteiger partial charge in [0.05, 0.1) is 17.8 Å². The molecule has 6 heteroatoms. The number of phenols is 2. The van der Waals surface area contributed by atoms with Crippen LogP contribution < -0.4 is 0 Å². The number of aromatic hydroxyl groups is 2. The van der Waals surface area contributed by atoms with Gasteiger partial charge in [0, 0.05) is 25.3 Å². The fourth-order valence-electron chi connectivity index (χ4n) is 4.34. The lowest BCUT2D eigenvalue weighted by Crippen LogP contribution is -2.31. The van der Waals surface area contributed by atoms with Crippen LogP contribution in [0.5, 0.6) is 11.5 Å². The molecule has 6 nitrogen and oxygen atoms in total. The van der Waals surface area contributed by atoms with Crippen molar-refractivity contribution in [3.63, 3.8) is 0 Å². The summed E-state index contributed by atoms with van der Waals surface area (Å²) in [5.41, 5.74) is 4.05. The Morgan fingerprint density at radius 3 is 2.46 bits per heavy atom. The van der Waals surface area contributed by atoms with Crippen LogP contribution in [0.25, 0.3) is 0 Å². The van der Waals surface area contributed by atoms with E-state index in [-0.39, 0.29) is 29.7 Å². The first-order chi connectivity index (χ1) is 16.3. The van der Waals surface area contributed by atoms with Gasteiger partial charge in [-0.1, -0.05) is 23.3 Å². The van der Waals surface area contributed by atoms with Gasteiger partial charge in [-0.15, -0.1) is 0 Å². The Morgan fingerprint density at radius 2 is 1.86 bits per heavy atom. The minimum atomic E-state index is -0.517. The third kappa shape index (κ3) is 8.86. The van der Waals surface area contributed by atoms with Crippen LogP contribution in [0, 0.1) is 6.92 Å². The van der Waals surface area contributed by atoms with E-state index in [0.29, 0.717) is 30.4 Å². The van der Waals surface area contributed by atoms with E-state index >= 15 is 0 Å². The van der Waals surface area contributed by atoms with E-state index < -0.39 is 11.7 Å². The van der Waals surface area contributed by atoms with Crippen molar-refractivity contribution in [1.29, 1.82) is 0 Å². The molecule has 0 spiro atoms. The number of allylic oxidation sites excluding steroid dienone is 3. The molecule has 0 bridgehead atoms. The zero-order chi connectivity index (χ0) is 26.3. The lowest BCUT2D eigenvalue weighted by Gasteiger charge is -2.22. The van der Waals surface area contributed by atoms with Gasteiger partial charge in [-0.3, -0.25) is 4.79 Å². The van der Waals surface area contributed by atoms with Crippen molar-refractivity contribution in [2.45, 2.75) is 104 Å². The predicted octanol–water partition coefficient (Wildman–Crippen LogP) is 5.82. The largest absolute Gasteiger partial charge is 0.508 e. The Bertz CT molecular complexity index is 985. The van der Waals surface area contributed by atoms with E-state index in [2.05, 4.69) is 6.08 Å². The predicted molar refractivity (Wildman–Crippen MR) is 138 cm³/mol. The molecule has 0 amide bonds. The van der Waals surface area contributed by atoms with Crippen molar-refractivity contribution in [2.75, 3.05) is 0 Å². The van der Waals surface area contributed by atoms with E-state index in [1.807, 2.05) is 46.8 Å². The van der Waals surface area contributed by atoms with Gasteiger partial charge in [-0.25, -0.2) is 0 Å². The number of aryl methyl sites for hydroxylation is 1. The maximum Gasteiger partial charge on any atom is 0.303 e. The second kappa shape index (κ2) is 12.4. The Balaban J connectivity index is 1.98. The Labute approximate surface area is 210 Å². The molecular formula is C29H42O6. The first kappa shape index (κ1) is 28.7. The maximum atomic E-state index is 11.7. The highest BCUT2D eigenvalue weighted by Gasteiger charge is 2.40. The molecule has 1 fully saturated rings. The number of carbonyl (C=O) groups is 1. The summed E-state index contributed by atoms with van der Waals surface area (Å²) < 4.78 is 11.5. The smallest absolute Gasteiger partial charge is 0.303 e. The summed E-state index contributed by atoms with van der Waals surface area (Å²) in [6, 6.07) is 3.09. The van der Waals surface area contributed by atoms with Crippen molar-refractivity contribution < 1.29 is 29.6 Å². The van der Waals surface area contributed by atoms with Crippen molar-refractivity contribution in [2.24, 2.45) is 0 Å². The van der Waals surface area contributed by atoms with Crippen LogP contribution in [0.2, 0.25) is 0 Å². The lowest BCUT2D eigenvalue weighted by molar-refractivity contribution is -0.144. The fraction of sp³-hybridized carbons (Fsp3) is 0.552. The first-order valence-electron chi connectivity index (χ1n) is 12.3.